The highest BCUT2D eigenvalue weighted by Gasteiger charge is 2.47. The molecule has 0 aliphatic carbocycles. The number of ether oxygens (including phenoxy) is 3. The second kappa shape index (κ2) is 11.4. The molecule has 0 radical (unpaired) electrons. The number of carbonyl (C=O) groups excluding carboxylic acids is 3. The lowest BCUT2D eigenvalue weighted by Crippen LogP contribution is -2.56. The van der Waals surface area contributed by atoms with Gasteiger partial charge in [0.05, 0.1) is 46.7 Å². The summed E-state index contributed by atoms with van der Waals surface area (Å²) in [4.78, 5) is 41.7. The number of nitrogens with zero attached hydrogens (tertiary/aromatic N) is 1. The number of rotatable bonds is 5. The normalized spacial score (nSPS) is 16.4. The van der Waals surface area contributed by atoms with Gasteiger partial charge in [-0.15, -0.1) is 0 Å². The van der Waals surface area contributed by atoms with E-state index >= 15 is 0 Å². The molecular weight excluding hydrogens is 657 g/mol. The second-order valence-electron chi connectivity index (χ2n) is 8.60. The molecular formula is C27H24INO6S3. The van der Waals surface area contributed by atoms with E-state index in [1.54, 1.807) is 11.0 Å². The minimum atomic E-state index is -0.964. The maximum atomic E-state index is 14.1. The van der Waals surface area contributed by atoms with Crippen molar-refractivity contribution >= 4 is 92.3 Å². The summed E-state index contributed by atoms with van der Waals surface area (Å²) in [5.74, 6) is -0.966. The monoisotopic (exact) mass is 681 g/mol. The van der Waals surface area contributed by atoms with Crippen molar-refractivity contribution in [2.75, 3.05) is 25.7 Å². The molecule has 0 aromatic heterocycles. The first-order chi connectivity index (χ1) is 18.1. The van der Waals surface area contributed by atoms with Crippen LogP contribution in [-0.2, 0) is 19.1 Å². The van der Waals surface area contributed by atoms with Crippen LogP contribution in [0.15, 0.2) is 56.5 Å². The first-order valence-electron chi connectivity index (χ1n) is 11.5. The van der Waals surface area contributed by atoms with E-state index in [1.807, 2.05) is 57.2 Å². The Kier molecular flexibility index (Phi) is 8.60. The van der Waals surface area contributed by atoms with Crippen molar-refractivity contribution in [1.82, 2.24) is 0 Å². The molecule has 2 aliphatic rings. The minimum Gasteiger partial charge on any atom is -0.492 e. The zero-order valence-electron chi connectivity index (χ0n) is 21.2. The Bertz CT molecular complexity index is 1400. The average molecular weight is 682 g/mol. The fourth-order valence-corrected chi connectivity index (χ4v) is 7.86. The SMILES string of the molecule is CCOc1cccc2c1N(C(=O)c1ccccc1I)C(C)(C)C(=S)C2=C1SC(C(=O)OC)=C(C(=O)OC)S1. The molecule has 2 aliphatic heterocycles. The number of thioether (sulfide) groups is 2. The van der Waals surface area contributed by atoms with Crippen molar-refractivity contribution < 1.29 is 28.6 Å². The summed E-state index contributed by atoms with van der Waals surface area (Å²) in [5, 5.41) is 0. The molecule has 0 fully saturated rings. The number of benzene rings is 2. The molecule has 38 heavy (non-hydrogen) atoms. The smallest absolute Gasteiger partial charge is 0.346 e. The molecule has 0 unspecified atom stereocenters. The number of anilines is 1. The van der Waals surface area contributed by atoms with Gasteiger partial charge in [0, 0.05) is 14.7 Å². The average Bonchev–Trinajstić information content (AvgIpc) is 3.34. The first kappa shape index (κ1) is 28.7. The van der Waals surface area contributed by atoms with Crippen LogP contribution in [-0.4, -0.2) is 49.1 Å². The van der Waals surface area contributed by atoms with Crippen LogP contribution in [0.1, 0.15) is 36.7 Å². The highest BCUT2D eigenvalue weighted by atomic mass is 127. The van der Waals surface area contributed by atoms with Crippen LogP contribution in [0, 0.1) is 3.57 Å². The van der Waals surface area contributed by atoms with E-state index in [4.69, 9.17) is 26.4 Å². The van der Waals surface area contributed by atoms with Crippen LogP contribution < -0.4 is 9.64 Å². The van der Waals surface area contributed by atoms with Crippen LogP contribution in [0.2, 0.25) is 0 Å². The Morgan fingerprint density at radius 1 is 0.974 bits per heavy atom. The number of hydrogen-bond donors (Lipinski definition) is 0. The molecule has 11 heteroatoms. The van der Waals surface area contributed by atoms with E-state index in [0.29, 0.717) is 43.8 Å². The van der Waals surface area contributed by atoms with Crippen molar-refractivity contribution in [2.24, 2.45) is 0 Å². The standard InChI is InChI=1S/C27H24INO6S3/c1-6-35-17-13-9-11-15-18(26-37-20(24(31)33-4)21(38-26)25(32)34-5)22(36)27(2,3)29(19(15)17)23(30)14-10-7-8-12-16(14)28/h7-13H,6H2,1-5H3. The number of amides is 1. The number of halogens is 1. The molecule has 2 aromatic carbocycles. The van der Waals surface area contributed by atoms with E-state index in [-0.39, 0.29) is 15.7 Å². The van der Waals surface area contributed by atoms with E-state index < -0.39 is 17.5 Å². The molecule has 0 saturated heterocycles. The summed E-state index contributed by atoms with van der Waals surface area (Å²) >= 11 is 10.4. The number of methoxy groups -OCH3 is 2. The molecule has 0 saturated carbocycles. The number of carbonyl (C=O) groups is 3. The largest absolute Gasteiger partial charge is 0.492 e. The summed E-state index contributed by atoms with van der Waals surface area (Å²) in [5.41, 5.74) is 1.49. The first-order valence-corrected chi connectivity index (χ1v) is 14.6. The molecule has 2 aromatic rings. The molecule has 7 nitrogen and oxygen atoms in total. The highest BCUT2D eigenvalue weighted by molar-refractivity contribution is 14.1. The number of thiocarbonyl (C=S) groups is 1. The third-order valence-electron chi connectivity index (χ3n) is 5.98. The topological polar surface area (TPSA) is 82.1 Å². The van der Waals surface area contributed by atoms with Gasteiger partial charge in [0.1, 0.15) is 15.6 Å². The maximum absolute atomic E-state index is 14.1. The number of para-hydroxylation sites is 1. The quantitative estimate of drug-likeness (QED) is 0.159. The minimum absolute atomic E-state index is 0.132. The van der Waals surface area contributed by atoms with Gasteiger partial charge in [0.2, 0.25) is 0 Å². The van der Waals surface area contributed by atoms with Crippen LogP contribution in [0.4, 0.5) is 5.69 Å². The van der Waals surface area contributed by atoms with Gasteiger partial charge in [0.15, 0.2) is 0 Å². The lowest BCUT2D eigenvalue weighted by atomic mass is 9.82. The van der Waals surface area contributed by atoms with Crippen LogP contribution >= 0.6 is 58.3 Å². The van der Waals surface area contributed by atoms with Gasteiger partial charge in [-0.05, 0) is 61.6 Å². The summed E-state index contributed by atoms with van der Waals surface area (Å²) in [6.07, 6.45) is 0. The summed E-state index contributed by atoms with van der Waals surface area (Å²) < 4.78 is 17.3. The summed E-state index contributed by atoms with van der Waals surface area (Å²) in [6.45, 7) is 6.04. The fraction of sp³-hybridized carbons (Fsp3) is 0.259. The Hall–Kier alpha value is -2.35. The Morgan fingerprint density at radius 3 is 2.13 bits per heavy atom. The Labute approximate surface area is 248 Å². The van der Waals surface area contributed by atoms with Gasteiger partial charge in [-0.2, -0.15) is 0 Å². The zero-order chi connectivity index (χ0) is 27.8. The molecule has 0 N–H and O–H groups in total. The molecule has 1 amide bonds. The lowest BCUT2D eigenvalue weighted by molar-refractivity contribution is -0.138. The fourth-order valence-electron chi connectivity index (χ4n) is 4.20. The Morgan fingerprint density at radius 2 is 1.58 bits per heavy atom. The highest BCUT2D eigenvalue weighted by Crippen LogP contribution is 2.57. The maximum Gasteiger partial charge on any atom is 0.346 e. The van der Waals surface area contributed by atoms with Gasteiger partial charge in [-0.3, -0.25) is 9.69 Å². The van der Waals surface area contributed by atoms with Crippen molar-refractivity contribution in [3.63, 3.8) is 0 Å². The van der Waals surface area contributed by atoms with E-state index in [2.05, 4.69) is 22.6 Å². The molecule has 0 bridgehead atoms. The zero-order valence-corrected chi connectivity index (χ0v) is 25.9. The molecule has 0 spiro atoms. The Balaban J connectivity index is 1.98. The van der Waals surface area contributed by atoms with Gasteiger partial charge in [0.25, 0.3) is 5.91 Å². The van der Waals surface area contributed by atoms with Crippen molar-refractivity contribution in [3.05, 3.63) is 71.2 Å². The van der Waals surface area contributed by atoms with Crippen LogP contribution in [0.25, 0.3) is 5.57 Å². The van der Waals surface area contributed by atoms with Gasteiger partial charge < -0.3 is 14.2 Å². The van der Waals surface area contributed by atoms with Crippen molar-refractivity contribution in [2.45, 2.75) is 26.3 Å². The van der Waals surface area contributed by atoms with Crippen LogP contribution in [0.3, 0.4) is 0 Å². The molecule has 198 valence electrons. The molecule has 2 heterocycles. The van der Waals surface area contributed by atoms with E-state index in [9.17, 15) is 14.4 Å². The van der Waals surface area contributed by atoms with Crippen molar-refractivity contribution in [1.29, 1.82) is 0 Å². The molecule has 0 atom stereocenters. The summed E-state index contributed by atoms with van der Waals surface area (Å²) in [7, 11) is 2.51. The van der Waals surface area contributed by atoms with Gasteiger partial charge in [-0.25, -0.2) is 9.59 Å². The predicted octanol–water partition coefficient (Wildman–Crippen LogP) is 6.21. The molecule has 4 rings (SSSR count). The van der Waals surface area contributed by atoms with Crippen LogP contribution in [0.5, 0.6) is 5.75 Å². The second-order valence-corrected chi connectivity index (χ2v) is 12.5. The lowest BCUT2D eigenvalue weighted by Gasteiger charge is -2.45. The van der Waals surface area contributed by atoms with E-state index in [0.717, 1.165) is 27.1 Å². The third-order valence-corrected chi connectivity index (χ3v) is 10.2. The van der Waals surface area contributed by atoms with Gasteiger partial charge in [-0.1, -0.05) is 60.0 Å². The van der Waals surface area contributed by atoms with Gasteiger partial charge >= 0.3 is 11.9 Å². The number of hydrogen-bond acceptors (Lipinski definition) is 9. The number of esters is 2. The third kappa shape index (κ3) is 4.89. The predicted molar refractivity (Wildman–Crippen MR) is 163 cm³/mol. The number of fused-ring (bicyclic) bond motifs is 1. The summed E-state index contributed by atoms with van der Waals surface area (Å²) in [6, 6.07) is 12.9. The van der Waals surface area contributed by atoms with Crippen molar-refractivity contribution in [3.8, 4) is 5.75 Å². The van der Waals surface area contributed by atoms with E-state index in [1.165, 1.54) is 14.2 Å².